The van der Waals surface area contributed by atoms with Crippen molar-refractivity contribution in [3.8, 4) is 44.5 Å². The summed E-state index contributed by atoms with van der Waals surface area (Å²) >= 11 is 0. The van der Waals surface area contributed by atoms with E-state index in [4.69, 9.17) is 0 Å². The highest BCUT2D eigenvalue weighted by Gasteiger charge is 2.32. The van der Waals surface area contributed by atoms with Gasteiger partial charge in [0.05, 0.1) is 0 Å². The third-order valence-corrected chi connectivity index (χ3v) is 8.58. The number of hydrogen-bond acceptors (Lipinski definition) is 0. The standard InChI is InChI=1S/C36H26/c1-21-19-29-30(20-22(21)2)33(24-11-7-4-8-12-24)36-28-18-16-26-14-13-25-15-17-27(34(28)31(25)26)35(36)32(29)23-9-5-3-6-10-23/h3-12,15-20H,13-14H2,1-2H3. The van der Waals surface area contributed by atoms with E-state index in [1.807, 2.05) is 0 Å². The van der Waals surface area contributed by atoms with Gasteiger partial charge in [0, 0.05) is 0 Å². The Bertz CT molecular complexity index is 1740. The van der Waals surface area contributed by atoms with Gasteiger partial charge in [0.1, 0.15) is 0 Å². The van der Waals surface area contributed by atoms with E-state index >= 15 is 0 Å². The molecule has 0 aliphatic heterocycles. The van der Waals surface area contributed by atoms with Crippen molar-refractivity contribution < 1.29 is 0 Å². The summed E-state index contributed by atoms with van der Waals surface area (Å²) < 4.78 is 0. The minimum Gasteiger partial charge on any atom is -0.0622 e. The van der Waals surface area contributed by atoms with Crippen LogP contribution in [0.1, 0.15) is 22.3 Å². The molecule has 0 saturated carbocycles. The van der Waals surface area contributed by atoms with Crippen molar-refractivity contribution in [1.29, 1.82) is 0 Å². The third-order valence-electron chi connectivity index (χ3n) is 8.58. The van der Waals surface area contributed by atoms with Gasteiger partial charge < -0.3 is 0 Å². The van der Waals surface area contributed by atoms with E-state index in [2.05, 4.69) is 111 Å². The molecule has 0 radical (unpaired) electrons. The van der Waals surface area contributed by atoms with Crippen molar-refractivity contribution in [3.63, 3.8) is 0 Å². The second kappa shape index (κ2) is 7.18. The normalized spacial score (nSPS) is 13.1. The maximum Gasteiger partial charge on any atom is -0.000741 e. The van der Waals surface area contributed by atoms with Crippen LogP contribution in [0.3, 0.4) is 0 Å². The molecule has 0 N–H and O–H groups in total. The van der Waals surface area contributed by atoms with Crippen LogP contribution in [-0.4, -0.2) is 0 Å². The van der Waals surface area contributed by atoms with Crippen LogP contribution >= 0.6 is 0 Å². The maximum absolute atomic E-state index is 2.43. The van der Waals surface area contributed by atoms with Gasteiger partial charge in [-0.15, -0.1) is 0 Å². The molecule has 36 heavy (non-hydrogen) atoms. The summed E-state index contributed by atoms with van der Waals surface area (Å²) in [6, 6.07) is 36.5. The molecule has 0 amide bonds. The highest BCUT2D eigenvalue weighted by atomic mass is 14.3. The van der Waals surface area contributed by atoms with Crippen molar-refractivity contribution >= 4 is 21.5 Å². The predicted molar refractivity (Wildman–Crippen MR) is 154 cm³/mol. The van der Waals surface area contributed by atoms with E-state index < -0.39 is 0 Å². The molecule has 0 fully saturated rings. The molecule has 0 nitrogen and oxygen atoms in total. The molecule has 0 aromatic heterocycles. The SMILES string of the molecule is Cc1cc2c(-c3ccccc3)c3c(c(-c4ccccc4)c2cc1C)-c1ccc2c4c(ccc-3c14)CC2. The van der Waals surface area contributed by atoms with E-state index in [9.17, 15) is 0 Å². The number of hydrogen-bond donors (Lipinski definition) is 0. The first-order valence-corrected chi connectivity index (χ1v) is 13.0. The maximum atomic E-state index is 2.43. The van der Waals surface area contributed by atoms with Gasteiger partial charge in [-0.3, -0.25) is 0 Å². The van der Waals surface area contributed by atoms with E-state index in [-0.39, 0.29) is 0 Å². The molecule has 0 spiro atoms. The Hall–Kier alpha value is -4.16. The molecule has 0 unspecified atom stereocenters. The quantitative estimate of drug-likeness (QED) is 0.242. The third kappa shape index (κ3) is 2.54. The fourth-order valence-electron chi connectivity index (χ4n) is 6.84. The minimum atomic E-state index is 1.16. The Kier molecular flexibility index (Phi) is 4.00. The van der Waals surface area contributed by atoms with Crippen LogP contribution in [0.25, 0.3) is 66.1 Å². The Balaban J connectivity index is 1.67. The van der Waals surface area contributed by atoms with Gasteiger partial charge in [0.15, 0.2) is 0 Å². The monoisotopic (exact) mass is 458 g/mol. The van der Waals surface area contributed by atoms with Gasteiger partial charge in [-0.2, -0.15) is 0 Å². The van der Waals surface area contributed by atoms with Crippen LogP contribution in [0.4, 0.5) is 0 Å². The Morgan fingerprint density at radius 1 is 0.444 bits per heavy atom. The fraction of sp³-hybridized carbons (Fsp3) is 0.111. The van der Waals surface area contributed by atoms with Gasteiger partial charge in [-0.25, -0.2) is 0 Å². The van der Waals surface area contributed by atoms with Gasteiger partial charge in [-0.1, -0.05) is 97.1 Å². The van der Waals surface area contributed by atoms with Gasteiger partial charge in [0.2, 0.25) is 0 Å². The average Bonchev–Trinajstić information content (AvgIpc) is 3.48. The summed E-state index contributed by atoms with van der Waals surface area (Å²) in [7, 11) is 0. The zero-order valence-corrected chi connectivity index (χ0v) is 20.7. The first-order valence-electron chi connectivity index (χ1n) is 13.0. The highest BCUT2D eigenvalue weighted by Crippen LogP contribution is 2.59. The average molecular weight is 459 g/mol. The fourth-order valence-corrected chi connectivity index (χ4v) is 6.84. The van der Waals surface area contributed by atoms with Gasteiger partial charge in [-0.05, 0) is 115 Å². The summed E-state index contributed by atoms with van der Waals surface area (Å²) in [5, 5.41) is 5.68. The van der Waals surface area contributed by atoms with E-state index in [1.165, 1.54) is 88.3 Å². The molecule has 170 valence electrons. The minimum absolute atomic E-state index is 1.16. The molecule has 2 aliphatic rings. The lowest BCUT2D eigenvalue weighted by atomic mass is 9.81. The predicted octanol–water partition coefficient (Wildman–Crippen LogP) is 9.69. The van der Waals surface area contributed by atoms with Crippen LogP contribution in [0.2, 0.25) is 0 Å². The molecule has 8 rings (SSSR count). The first-order chi connectivity index (χ1) is 17.7. The lowest BCUT2D eigenvalue weighted by molar-refractivity contribution is 1.02. The zero-order valence-electron chi connectivity index (χ0n) is 20.7. The summed E-state index contributed by atoms with van der Waals surface area (Å²) in [6.07, 6.45) is 2.31. The Morgan fingerprint density at radius 2 is 0.889 bits per heavy atom. The number of rotatable bonds is 2. The summed E-state index contributed by atoms with van der Waals surface area (Å²) in [6.45, 7) is 4.49. The number of aryl methyl sites for hydroxylation is 4. The Morgan fingerprint density at radius 3 is 1.33 bits per heavy atom. The van der Waals surface area contributed by atoms with Crippen LogP contribution in [0.15, 0.2) is 97.1 Å². The van der Waals surface area contributed by atoms with Crippen LogP contribution in [-0.2, 0) is 12.8 Å². The molecule has 6 aromatic rings. The van der Waals surface area contributed by atoms with Crippen LogP contribution < -0.4 is 0 Å². The van der Waals surface area contributed by atoms with Crippen molar-refractivity contribution in [2.45, 2.75) is 26.7 Å². The molecule has 0 bridgehead atoms. The molecule has 0 heterocycles. The van der Waals surface area contributed by atoms with Gasteiger partial charge in [0.25, 0.3) is 0 Å². The van der Waals surface area contributed by atoms with E-state index in [1.54, 1.807) is 0 Å². The van der Waals surface area contributed by atoms with E-state index in [0.717, 1.165) is 12.8 Å². The zero-order chi connectivity index (χ0) is 24.0. The molecule has 6 aromatic carbocycles. The number of benzene rings is 6. The lowest BCUT2D eigenvalue weighted by Gasteiger charge is -2.21. The molecular formula is C36H26. The van der Waals surface area contributed by atoms with Crippen molar-refractivity contribution in [1.82, 2.24) is 0 Å². The van der Waals surface area contributed by atoms with Gasteiger partial charge >= 0.3 is 0 Å². The number of fused-ring (bicyclic) bond motifs is 4. The summed E-state index contributed by atoms with van der Waals surface area (Å²) in [4.78, 5) is 0. The largest absolute Gasteiger partial charge is 0.0622 e. The molecule has 0 heteroatoms. The van der Waals surface area contributed by atoms with Crippen LogP contribution in [0.5, 0.6) is 0 Å². The Labute approximate surface area is 211 Å². The van der Waals surface area contributed by atoms with Crippen molar-refractivity contribution in [2.24, 2.45) is 0 Å². The van der Waals surface area contributed by atoms with Crippen molar-refractivity contribution in [2.75, 3.05) is 0 Å². The second-order valence-corrected chi connectivity index (χ2v) is 10.5. The summed E-state index contributed by atoms with van der Waals surface area (Å²) in [5.74, 6) is 0. The highest BCUT2D eigenvalue weighted by molar-refractivity contribution is 6.28. The molecule has 0 atom stereocenters. The first kappa shape index (κ1) is 20.1. The van der Waals surface area contributed by atoms with E-state index in [0.29, 0.717) is 0 Å². The smallest absolute Gasteiger partial charge is 0.000741 e. The molecule has 0 saturated heterocycles. The summed E-state index contributed by atoms with van der Waals surface area (Å²) in [5.41, 5.74) is 16.6. The van der Waals surface area contributed by atoms with Crippen LogP contribution in [0, 0.1) is 13.8 Å². The molecule has 2 aliphatic carbocycles. The van der Waals surface area contributed by atoms with Crippen molar-refractivity contribution in [3.05, 3.63) is 119 Å². The second-order valence-electron chi connectivity index (χ2n) is 10.5. The molecular weight excluding hydrogens is 432 g/mol. The topological polar surface area (TPSA) is 0 Å². The lowest BCUT2D eigenvalue weighted by Crippen LogP contribution is -1.95.